The molecule has 0 bridgehead atoms. The molecule has 1 aliphatic rings. The van der Waals surface area contributed by atoms with Gasteiger partial charge in [-0.15, -0.1) is 0 Å². The Bertz CT molecular complexity index is 306. The van der Waals surface area contributed by atoms with E-state index in [2.05, 4.69) is 12.2 Å². The topological polar surface area (TPSA) is 21.3 Å². The molecule has 14 heavy (non-hydrogen) atoms. The van der Waals surface area contributed by atoms with Gasteiger partial charge in [0.25, 0.3) is 0 Å². The van der Waals surface area contributed by atoms with E-state index in [0.717, 1.165) is 18.1 Å². The van der Waals surface area contributed by atoms with Crippen molar-refractivity contribution in [1.29, 1.82) is 0 Å². The maximum Gasteiger partial charge on any atom is 0.0906 e. The summed E-state index contributed by atoms with van der Waals surface area (Å²) < 4.78 is 5.79. The molecule has 0 aliphatic carbocycles. The minimum absolute atomic E-state index is 0.0274. The van der Waals surface area contributed by atoms with Crippen molar-refractivity contribution >= 4 is 11.6 Å². The molecule has 0 spiro atoms. The average molecular weight is 212 g/mol. The van der Waals surface area contributed by atoms with Crippen molar-refractivity contribution in [3.05, 3.63) is 34.9 Å². The van der Waals surface area contributed by atoms with Crippen molar-refractivity contribution in [2.24, 2.45) is 0 Å². The number of nitrogens with one attached hydrogen (secondary N) is 1. The maximum atomic E-state index is 5.79. The van der Waals surface area contributed by atoms with Crippen LogP contribution in [-0.4, -0.2) is 18.7 Å². The number of hydrogen-bond acceptors (Lipinski definition) is 2. The first-order chi connectivity index (χ1) is 6.68. The van der Waals surface area contributed by atoms with E-state index in [1.165, 1.54) is 5.56 Å². The van der Waals surface area contributed by atoms with Gasteiger partial charge in [0.15, 0.2) is 0 Å². The summed E-state index contributed by atoms with van der Waals surface area (Å²) in [5, 5.41) is 3.97. The molecule has 3 heteroatoms. The molecule has 1 aromatic carbocycles. The molecule has 0 saturated carbocycles. The van der Waals surface area contributed by atoms with Gasteiger partial charge in [0.05, 0.1) is 12.2 Å². The number of benzene rings is 1. The van der Waals surface area contributed by atoms with E-state index >= 15 is 0 Å². The molecule has 1 N–H and O–H groups in total. The summed E-state index contributed by atoms with van der Waals surface area (Å²) in [5.41, 5.74) is 1.20. The Labute approximate surface area is 89.2 Å². The van der Waals surface area contributed by atoms with E-state index in [1.54, 1.807) is 0 Å². The molecule has 0 aromatic heterocycles. The summed E-state index contributed by atoms with van der Waals surface area (Å²) in [7, 11) is 0. The third-order valence-electron chi connectivity index (χ3n) is 2.50. The Kier molecular flexibility index (Phi) is 2.77. The largest absolute Gasteiger partial charge is 0.368 e. The smallest absolute Gasteiger partial charge is 0.0906 e. The molecular formula is C11H14ClNO. The van der Waals surface area contributed by atoms with E-state index in [9.17, 15) is 0 Å². The maximum absolute atomic E-state index is 5.79. The highest BCUT2D eigenvalue weighted by atomic mass is 35.5. The minimum Gasteiger partial charge on any atom is -0.368 e. The fraction of sp³-hybridized carbons (Fsp3) is 0.455. The predicted molar refractivity (Wildman–Crippen MR) is 57.5 cm³/mol. The standard InChI is InChI=1S/C11H14ClNO/c1-11(7-13-8-11)14-6-9-2-4-10(12)5-3-9/h2-5,13H,6-8H2,1H3. The Morgan fingerprint density at radius 1 is 1.36 bits per heavy atom. The summed E-state index contributed by atoms with van der Waals surface area (Å²) in [4.78, 5) is 0. The molecule has 2 rings (SSSR count). The first-order valence-electron chi connectivity index (χ1n) is 4.77. The van der Waals surface area contributed by atoms with Crippen molar-refractivity contribution in [3.8, 4) is 0 Å². The molecule has 76 valence electrons. The van der Waals surface area contributed by atoms with Gasteiger partial charge in [-0.25, -0.2) is 0 Å². The van der Waals surface area contributed by atoms with Crippen molar-refractivity contribution in [2.45, 2.75) is 19.1 Å². The van der Waals surface area contributed by atoms with Crippen LogP contribution in [0.15, 0.2) is 24.3 Å². The van der Waals surface area contributed by atoms with E-state index < -0.39 is 0 Å². The van der Waals surface area contributed by atoms with Crippen LogP contribution in [0.3, 0.4) is 0 Å². The lowest BCUT2D eigenvalue weighted by atomic mass is 10.00. The minimum atomic E-state index is 0.0274. The predicted octanol–water partition coefficient (Wildman–Crippen LogP) is 2.22. The zero-order chi connectivity index (χ0) is 10.0. The van der Waals surface area contributed by atoms with Gasteiger partial charge >= 0.3 is 0 Å². The van der Waals surface area contributed by atoms with Crippen LogP contribution in [0.5, 0.6) is 0 Å². The lowest BCUT2D eigenvalue weighted by molar-refractivity contribution is -0.0767. The summed E-state index contributed by atoms with van der Waals surface area (Å²) in [6.07, 6.45) is 0. The molecule has 1 fully saturated rings. The van der Waals surface area contributed by atoms with Crippen molar-refractivity contribution in [1.82, 2.24) is 5.32 Å². The van der Waals surface area contributed by atoms with Gasteiger partial charge < -0.3 is 10.1 Å². The van der Waals surface area contributed by atoms with Crippen LogP contribution in [0.2, 0.25) is 5.02 Å². The number of halogens is 1. The van der Waals surface area contributed by atoms with E-state index in [4.69, 9.17) is 16.3 Å². The Morgan fingerprint density at radius 3 is 2.50 bits per heavy atom. The van der Waals surface area contributed by atoms with E-state index in [1.807, 2.05) is 24.3 Å². The Hall–Kier alpha value is -0.570. The highest BCUT2D eigenvalue weighted by Crippen LogP contribution is 2.18. The summed E-state index contributed by atoms with van der Waals surface area (Å²) in [6.45, 7) is 4.68. The molecule has 1 aromatic rings. The second-order valence-electron chi connectivity index (χ2n) is 3.97. The fourth-order valence-corrected chi connectivity index (χ4v) is 1.54. The van der Waals surface area contributed by atoms with Crippen LogP contribution < -0.4 is 5.32 Å². The highest BCUT2D eigenvalue weighted by molar-refractivity contribution is 6.30. The average Bonchev–Trinajstić information content (AvgIpc) is 2.14. The second-order valence-corrected chi connectivity index (χ2v) is 4.41. The normalized spacial score (nSPS) is 19.0. The monoisotopic (exact) mass is 211 g/mol. The molecule has 0 atom stereocenters. The van der Waals surface area contributed by atoms with Gasteiger partial charge in [0.2, 0.25) is 0 Å². The Balaban J connectivity index is 1.88. The summed E-state index contributed by atoms with van der Waals surface area (Å²) in [5.74, 6) is 0. The van der Waals surface area contributed by atoms with Crippen LogP contribution in [0.1, 0.15) is 12.5 Å². The first kappa shape index (κ1) is 9.97. The molecular weight excluding hydrogens is 198 g/mol. The molecule has 1 heterocycles. The SMILES string of the molecule is CC1(OCc2ccc(Cl)cc2)CNC1. The number of rotatable bonds is 3. The summed E-state index contributed by atoms with van der Waals surface area (Å²) in [6, 6.07) is 7.78. The van der Waals surface area contributed by atoms with Crippen LogP contribution >= 0.6 is 11.6 Å². The third-order valence-corrected chi connectivity index (χ3v) is 2.75. The molecule has 1 saturated heterocycles. The van der Waals surface area contributed by atoms with Crippen molar-refractivity contribution in [2.75, 3.05) is 13.1 Å². The van der Waals surface area contributed by atoms with Gasteiger partial charge in [-0.05, 0) is 24.6 Å². The quantitative estimate of drug-likeness (QED) is 0.828. The van der Waals surface area contributed by atoms with Crippen molar-refractivity contribution in [3.63, 3.8) is 0 Å². The Morgan fingerprint density at radius 2 is 2.00 bits per heavy atom. The first-order valence-corrected chi connectivity index (χ1v) is 5.15. The van der Waals surface area contributed by atoms with Gasteiger partial charge in [-0.1, -0.05) is 23.7 Å². The molecule has 0 radical (unpaired) electrons. The third kappa shape index (κ3) is 2.27. The second kappa shape index (κ2) is 3.89. The number of hydrogen-bond donors (Lipinski definition) is 1. The van der Waals surface area contributed by atoms with E-state index in [0.29, 0.717) is 6.61 Å². The van der Waals surface area contributed by atoms with Gasteiger partial charge in [-0.2, -0.15) is 0 Å². The van der Waals surface area contributed by atoms with Gasteiger partial charge in [-0.3, -0.25) is 0 Å². The van der Waals surface area contributed by atoms with Crippen LogP contribution in [0.25, 0.3) is 0 Å². The van der Waals surface area contributed by atoms with E-state index in [-0.39, 0.29) is 5.60 Å². The lowest BCUT2D eigenvalue weighted by Crippen LogP contribution is -2.58. The molecule has 0 unspecified atom stereocenters. The van der Waals surface area contributed by atoms with Gasteiger partial charge in [0, 0.05) is 18.1 Å². The fourth-order valence-electron chi connectivity index (χ4n) is 1.42. The molecule has 0 amide bonds. The number of ether oxygens (including phenoxy) is 1. The van der Waals surface area contributed by atoms with Crippen molar-refractivity contribution < 1.29 is 4.74 Å². The molecule has 2 nitrogen and oxygen atoms in total. The van der Waals surface area contributed by atoms with Gasteiger partial charge in [0.1, 0.15) is 0 Å². The zero-order valence-electron chi connectivity index (χ0n) is 8.22. The lowest BCUT2D eigenvalue weighted by Gasteiger charge is -2.39. The van der Waals surface area contributed by atoms with Crippen LogP contribution in [0, 0.1) is 0 Å². The highest BCUT2D eigenvalue weighted by Gasteiger charge is 2.32. The zero-order valence-corrected chi connectivity index (χ0v) is 8.97. The molecule has 1 aliphatic heterocycles. The summed E-state index contributed by atoms with van der Waals surface area (Å²) >= 11 is 5.79. The van der Waals surface area contributed by atoms with Crippen LogP contribution in [0.4, 0.5) is 0 Å². The van der Waals surface area contributed by atoms with Crippen LogP contribution in [-0.2, 0) is 11.3 Å².